The van der Waals surface area contributed by atoms with E-state index in [1.165, 1.54) is 4.90 Å². The number of nitrogens with zero attached hydrogens (tertiary/aromatic N) is 2. The highest BCUT2D eigenvalue weighted by molar-refractivity contribution is 7.17. The first kappa shape index (κ1) is 27.1. The molecule has 2 heterocycles. The zero-order valence-corrected chi connectivity index (χ0v) is 22.6. The van der Waals surface area contributed by atoms with Crippen molar-refractivity contribution in [1.82, 2.24) is 4.98 Å². The van der Waals surface area contributed by atoms with Crippen LogP contribution < -0.4 is 9.64 Å². The molecule has 0 saturated carbocycles. The number of Topliss-reactive ketones (excluding diaryl/α,β-unsaturated/α-hetero) is 1. The minimum absolute atomic E-state index is 0.0502. The second-order valence-electron chi connectivity index (χ2n) is 8.89. The van der Waals surface area contributed by atoms with Crippen molar-refractivity contribution in [2.24, 2.45) is 0 Å². The summed E-state index contributed by atoms with van der Waals surface area (Å²) in [5.41, 5.74) is 2.16. The van der Waals surface area contributed by atoms with Gasteiger partial charge in [-0.15, -0.1) is 0 Å². The summed E-state index contributed by atoms with van der Waals surface area (Å²) in [7, 11) is 0. The molecule has 1 aromatic heterocycles. The number of aliphatic hydroxyl groups excluding tert-OH is 1. The average molecular weight is 535 g/mol. The number of aliphatic hydroxyl groups is 1. The van der Waals surface area contributed by atoms with Gasteiger partial charge in [-0.1, -0.05) is 55.0 Å². The number of esters is 1. The maximum absolute atomic E-state index is 13.4. The summed E-state index contributed by atoms with van der Waals surface area (Å²) in [5, 5.41) is 11.6. The number of ether oxygens (including phenoxy) is 2. The minimum atomic E-state index is -0.933. The summed E-state index contributed by atoms with van der Waals surface area (Å²) in [6.07, 6.45) is 1.94. The van der Waals surface area contributed by atoms with Gasteiger partial charge in [-0.3, -0.25) is 14.5 Å². The quantitative estimate of drug-likeness (QED) is 0.123. The van der Waals surface area contributed by atoms with Gasteiger partial charge in [0.15, 0.2) is 5.13 Å². The lowest BCUT2D eigenvalue weighted by Gasteiger charge is -2.23. The SMILES string of the molecule is CCCCOc1ccc(C(O)=C2C(=O)C(=O)N(c3nc(C)c(C(=O)OCC)s3)[C@H]2c2ccccc2)cc1C. The molecule has 0 aliphatic carbocycles. The van der Waals surface area contributed by atoms with Crippen LogP contribution in [0.4, 0.5) is 5.13 Å². The molecular formula is C29H30N2O6S. The van der Waals surface area contributed by atoms with Crippen LogP contribution in [0.5, 0.6) is 5.75 Å². The van der Waals surface area contributed by atoms with Crippen molar-refractivity contribution in [1.29, 1.82) is 0 Å². The average Bonchev–Trinajstić information content (AvgIpc) is 3.42. The number of aromatic nitrogens is 1. The highest BCUT2D eigenvalue weighted by atomic mass is 32.1. The van der Waals surface area contributed by atoms with Crippen molar-refractivity contribution in [2.75, 3.05) is 18.1 Å². The number of carbonyl (C=O) groups excluding carboxylic acids is 3. The molecule has 38 heavy (non-hydrogen) atoms. The molecule has 0 radical (unpaired) electrons. The van der Waals surface area contributed by atoms with Crippen molar-refractivity contribution >= 4 is 39.9 Å². The number of hydrogen-bond acceptors (Lipinski definition) is 8. The molecule has 9 heteroatoms. The smallest absolute Gasteiger partial charge is 0.350 e. The third-order valence-electron chi connectivity index (χ3n) is 6.22. The monoisotopic (exact) mass is 534 g/mol. The van der Waals surface area contributed by atoms with Crippen LogP contribution in [0.25, 0.3) is 5.76 Å². The number of ketones is 1. The molecular weight excluding hydrogens is 504 g/mol. The van der Waals surface area contributed by atoms with Crippen LogP contribution in [0.15, 0.2) is 54.1 Å². The normalized spacial score (nSPS) is 16.6. The van der Waals surface area contributed by atoms with Crippen LogP contribution >= 0.6 is 11.3 Å². The standard InChI is InChI=1S/C29H30N2O6S/c1-5-7-15-37-21-14-13-20(16-17(21)3)24(32)22-23(19-11-9-8-10-12-19)31(27(34)25(22)33)29-30-18(4)26(38-29)28(35)36-6-2/h8-14,16,23,32H,5-7,15H2,1-4H3/t23-/m0/s1. The maximum Gasteiger partial charge on any atom is 0.350 e. The topological polar surface area (TPSA) is 106 Å². The molecule has 0 spiro atoms. The maximum atomic E-state index is 13.4. The first-order valence-electron chi connectivity index (χ1n) is 12.5. The Morgan fingerprint density at radius 3 is 2.50 bits per heavy atom. The molecule has 1 fully saturated rings. The summed E-state index contributed by atoms with van der Waals surface area (Å²) in [5.74, 6) is -1.80. The Hall–Kier alpha value is -3.98. The number of anilines is 1. The van der Waals surface area contributed by atoms with Crippen LogP contribution in [-0.2, 0) is 14.3 Å². The number of thiazole rings is 1. The fraction of sp³-hybridized carbons (Fsp3) is 0.310. The number of aryl methyl sites for hydroxylation is 2. The number of rotatable bonds is 9. The molecule has 2 aromatic carbocycles. The van der Waals surface area contributed by atoms with Crippen molar-refractivity contribution < 1.29 is 29.0 Å². The van der Waals surface area contributed by atoms with Gasteiger partial charge in [0.1, 0.15) is 16.4 Å². The third-order valence-corrected chi connectivity index (χ3v) is 7.35. The summed E-state index contributed by atoms with van der Waals surface area (Å²) >= 11 is 0.979. The lowest BCUT2D eigenvalue weighted by atomic mass is 9.95. The minimum Gasteiger partial charge on any atom is -0.507 e. The van der Waals surface area contributed by atoms with Gasteiger partial charge in [0, 0.05) is 5.56 Å². The van der Waals surface area contributed by atoms with E-state index in [4.69, 9.17) is 9.47 Å². The van der Waals surface area contributed by atoms with E-state index >= 15 is 0 Å². The first-order valence-corrected chi connectivity index (χ1v) is 13.3. The predicted octanol–water partition coefficient (Wildman–Crippen LogP) is 5.74. The van der Waals surface area contributed by atoms with E-state index in [1.54, 1.807) is 56.3 Å². The van der Waals surface area contributed by atoms with Gasteiger partial charge < -0.3 is 14.6 Å². The lowest BCUT2D eigenvalue weighted by molar-refractivity contribution is -0.132. The Morgan fingerprint density at radius 1 is 1.11 bits per heavy atom. The van der Waals surface area contributed by atoms with E-state index < -0.39 is 23.7 Å². The number of carbonyl (C=O) groups is 3. The van der Waals surface area contributed by atoms with Crippen LogP contribution in [-0.4, -0.2) is 41.0 Å². The van der Waals surface area contributed by atoms with Crippen molar-refractivity contribution in [3.63, 3.8) is 0 Å². The molecule has 1 N–H and O–H groups in total. The molecule has 1 amide bonds. The van der Waals surface area contributed by atoms with Crippen LogP contribution in [0.1, 0.15) is 64.8 Å². The van der Waals surface area contributed by atoms with E-state index in [1.807, 2.05) is 13.0 Å². The van der Waals surface area contributed by atoms with E-state index in [9.17, 15) is 19.5 Å². The van der Waals surface area contributed by atoms with E-state index in [2.05, 4.69) is 11.9 Å². The zero-order chi connectivity index (χ0) is 27.4. The fourth-order valence-electron chi connectivity index (χ4n) is 4.29. The van der Waals surface area contributed by atoms with Crippen molar-refractivity contribution in [3.8, 4) is 5.75 Å². The van der Waals surface area contributed by atoms with Crippen molar-refractivity contribution in [2.45, 2.75) is 46.6 Å². The Morgan fingerprint density at radius 2 is 1.84 bits per heavy atom. The van der Waals surface area contributed by atoms with E-state index in [-0.39, 0.29) is 27.9 Å². The van der Waals surface area contributed by atoms with Gasteiger partial charge in [-0.25, -0.2) is 9.78 Å². The largest absolute Gasteiger partial charge is 0.507 e. The van der Waals surface area contributed by atoms with Gasteiger partial charge in [0.2, 0.25) is 0 Å². The number of benzene rings is 2. The predicted molar refractivity (Wildman–Crippen MR) is 146 cm³/mol. The Labute approximate surface area is 225 Å². The number of amides is 1. The molecule has 198 valence electrons. The van der Waals surface area contributed by atoms with E-state index in [0.29, 0.717) is 29.2 Å². The highest BCUT2D eigenvalue weighted by Crippen LogP contribution is 2.44. The summed E-state index contributed by atoms with van der Waals surface area (Å²) < 4.78 is 10.9. The van der Waals surface area contributed by atoms with Crippen LogP contribution in [0.2, 0.25) is 0 Å². The summed E-state index contributed by atoms with van der Waals surface area (Å²) in [6, 6.07) is 13.2. The highest BCUT2D eigenvalue weighted by Gasteiger charge is 2.48. The fourth-order valence-corrected chi connectivity index (χ4v) is 5.28. The molecule has 3 aromatic rings. The zero-order valence-electron chi connectivity index (χ0n) is 21.8. The van der Waals surface area contributed by atoms with Gasteiger partial charge >= 0.3 is 11.9 Å². The van der Waals surface area contributed by atoms with Crippen molar-refractivity contribution in [3.05, 3.63) is 81.4 Å². The second-order valence-corrected chi connectivity index (χ2v) is 9.87. The number of hydrogen-bond donors (Lipinski definition) is 1. The third kappa shape index (κ3) is 5.19. The van der Waals surface area contributed by atoms with Gasteiger partial charge in [-0.2, -0.15) is 0 Å². The van der Waals surface area contributed by atoms with Crippen LogP contribution in [0, 0.1) is 13.8 Å². The van der Waals surface area contributed by atoms with E-state index in [0.717, 1.165) is 29.7 Å². The van der Waals surface area contributed by atoms with Gasteiger partial charge in [0.25, 0.3) is 5.78 Å². The first-order chi connectivity index (χ1) is 18.3. The van der Waals surface area contributed by atoms with Gasteiger partial charge in [0.05, 0.1) is 30.5 Å². The Bertz CT molecular complexity index is 1400. The second kappa shape index (κ2) is 11.6. The molecule has 0 unspecified atom stereocenters. The molecule has 1 aliphatic heterocycles. The lowest BCUT2D eigenvalue weighted by Crippen LogP contribution is -2.29. The van der Waals surface area contributed by atoms with Gasteiger partial charge in [-0.05, 0) is 56.5 Å². The molecule has 8 nitrogen and oxygen atoms in total. The Kier molecular flexibility index (Phi) is 8.26. The molecule has 4 rings (SSSR count). The number of unbranched alkanes of at least 4 members (excludes halogenated alkanes) is 1. The molecule has 1 atom stereocenters. The summed E-state index contributed by atoms with van der Waals surface area (Å²) in [6.45, 7) is 8.08. The molecule has 1 saturated heterocycles. The molecule has 1 aliphatic rings. The Balaban J connectivity index is 1.81. The van der Waals surface area contributed by atoms with Crippen LogP contribution in [0.3, 0.4) is 0 Å². The summed E-state index contributed by atoms with van der Waals surface area (Å²) in [4.78, 5) is 45.1. The molecule has 0 bridgehead atoms.